The molecule has 9 heteroatoms. The highest BCUT2D eigenvalue weighted by Gasteiger charge is 2.20. The second-order valence-electron chi connectivity index (χ2n) is 9.51. The molecule has 0 bridgehead atoms. The first-order chi connectivity index (χ1) is 16.5. The molecular formula is C26H34N2O7. The van der Waals surface area contributed by atoms with E-state index in [1.807, 2.05) is 41.5 Å². The number of nitrogens with one attached hydrogen (secondary N) is 1. The second-order valence-corrected chi connectivity index (χ2v) is 9.51. The maximum Gasteiger partial charge on any atom is 0.338 e. The number of nitro groups is 1. The molecule has 0 fully saturated rings. The Kier molecular flexibility index (Phi) is 10.1. The molecule has 0 aliphatic rings. The lowest BCUT2D eigenvalue weighted by atomic mass is 10.1. The molecule has 1 amide bonds. The van der Waals surface area contributed by atoms with E-state index >= 15 is 0 Å². The molecule has 0 heterocycles. The van der Waals surface area contributed by atoms with Gasteiger partial charge in [0.15, 0.2) is 5.75 Å². The van der Waals surface area contributed by atoms with Gasteiger partial charge in [0.05, 0.1) is 36.0 Å². The fraction of sp³-hybridized carbons (Fsp3) is 0.462. The molecule has 0 atom stereocenters. The third-order valence-electron chi connectivity index (χ3n) is 4.58. The fourth-order valence-electron chi connectivity index (χ4n) is 2.83. The van der Waals surface area contributed by atoms with E-state index in [0.717, 1.165) is 0 Å². The molecule has 35 heavy (non-hydrogen) atoms. The van der Waals surface area contributed by atoms with Crippen LogP contribution in [0.15, 0.2) is 36.4 Å². The number of carbonyl (C=O) groups excluding carboxylic acids is 2. The third-order valence-corrected chi connectivity index (χ3v) is 4.58. The molecular weight excluding hydrogens is 452 g/mol. The third kappa shape index (κ3) is 8.59. The lowest BCUT2D eigenvalue weighted by Crippen LogP contribution is -2.16. The van der Waals surface area contributed by atoms with Crippen LogP contribution in [0.4, 0.5) is 11.4 Å². The molecule has 0 saturated heterocycles. The Morgan fingerprint density at radius 2 is 1.37 bits per heavy atom. The average Bonchev–Trinajstić information content (AvgIpc) is 2.79. The molecule has 0 spiro atoms. The number of hydrogen-bond acceptors (Lipinski definition) is 7. The van der Waals surface area contributed by atoms with E-state index in [1.54, 1.807) is 12.1 Å². The van der Waals surface area contributed by atoms with Crippen molar-refractivity contribution in [3.63, 3.8) is 0 Å². The van der Waals surface area contributed by atoms with E-state index in [1.165, 1.54) is 24.3 Å². The number of benzene rings is 2. The minimum atomic E-state index is -0.549. The summed E-state index contributed by atoms with van der Waals surface area (Å²) in [6.45, 7) is 12.6. The number of rotatable bonds is 12. The number of hydrogen-bond donors (Lipinski definition) is 1. The molecule has 190 valence electrons. The highest BCUT2D eigenvalue weighted by atomic mass is 16.6. The number of anilines is 1. The lowest BCUT2D eigenvalue weighted by Gasteiger charge is -2.16. The van der Waals surface area contributed by atoms with Crippen LogP contribution in [0.3, 0.4) is 0 Å². The van der Waals surface area contributed by atoms with Crippen molar-refractivity contribution in [2.45, 2.75) is 41.5 Å². The van der Waals surface area contributed by atoms with Gasteiger partial charge in [-0.1, -0.05) is 41.5 Å². The standard InChI is InChI=1S/C26H34N2O7/c1-16(2)13-33-23-12-20(26(30)35-15-18(5)6)7-9-21(23)27-25(29)19-8-10-22(28(31)32)24(11-19)34-14-17(3)4/h7-12,16-18H,13-15H2,1-6H3,(H,27,29). The number of amides is 1. The quantitative estimate of drug-likeness (QED) is 0.231. The molecule has 0 aromatic heterocycles. The number of nitro benzene ring substituents is 1. The van der Waals surface area contributed by atoms with Crippen molar-refractivity contribution in [2.75, 3.05) is 25.1 Å². The first-order valence-electron chi connectivity index (χ1n) is 11.6. The molecule has 2 aromatic carbocycles. The largest absolute Gasteiger partial charge is 0.491 e. The van der Waals surface area contributed by atoms with Crippen LogP contribution >= 0.6 is 0 Å². The summed E-state index contributed by atoms with van der Waals surface area (Å²) in [6.07, 6.45) is 0. The van der Waals surface area contributed by atoms with Gasteiger partial charge in [0.2, 0.25) is 0 Å². The van der Waals surface area contributed by atoms with Crippen molar-refractivity contribution in [3.05, 3.63) is 57.6 Å². The Balaban J connectivity index is 2.31. The summed E-state index contributed by atoms with van der Waals surface area (Å²) in [5.41, 5.74) is 0.637. The van der Waals surface area contributed by atoms with Gasteiger partial charge in [-0.15, -0.1) is 0 Å². The van der Waals surface area contributed by atoms with Crippen LogP contribution in [-0.2, 0) is 4.74 Å². The summed E-state index contributed by atoms with van der Waals surface area (Å²) >= 11 is 0. The van der Waals surface area contributed by atoms with Gasteiger partial charge in [-0.05, 0) is 42.0 Å². The number of esters is 1. The zero-order chi connectivity index (χ0) is 26.1. The first-order valence-corrected chi connectivity index (χ1v) is 11.6. The number of nitrogens with zero attached hydrogens (tertiary/aromatic N) is 1. The summed E-state index contributed by atoms with van der Waals surface area (Å²) in [5.74, 6) is -0.0681. The topological polar surface area (TPSA) is 117 Å². The van der Waals surface area contributed by atoms with Crippen LogP contribution < -0.4 is 14.8 Å². The van der Waals surface area contributed by atoms with Crippen molar-refractivity contribution in [2.24, 2.45) is 17.8 Å². The zero-order valence-corrected chi connectivity index (χ0v) is 21.1. The van der Waals surface area contributed by atoms with E-state index in [2.05, 4.69) is 5.32 Å². The van der Waals surface area contributed by atoms with E-state index < -0.39 is 16.8 Å². The SMILES string of the molecule is CC(C)COC(=O)c1ccc(NC(=O)c2ccc([N+](=O)[O-])c(OCC(C)C)c2)c(OCC(C)C)c1. The van der Waals surface area contributed by atoms with Crippen LogP contribution in [-0.4, -0.2) is 36.6 Å². The Morgan fingerprint density at radius 1 is 0.829 bits per heavy atom. The molecule has 0 saturated carbocycles. The molecule has 2 rings (SSSR count). The molecule has 1 N–H and O–H groups in total. The zero-order valence-electron chi connectivity index (χ0n) is 21.1. The van der Waals surface area contributed by atoms with Gasteiger partial charge in [0.1, 0.15) is 5.75 Å². The smallest absolute Gasteiger partial charge is 0.338 e. The summed E-state index contributed by atoms with van der Waals surface area (Å²) < 4.78 is 16.7. The van der Waals surface area contributed by atoms with E-state index in [-0.39, 0.29) is 41.4 Å². The number of ether oxygens (including phenoxy) is 3. The molecule has 0 radical (unpaired) electrons. The van der Waals surface area contributed by atoms with Crippen LogP contribution in [0, 0.1) is 27.9 Å². The molecule has 0 aliphatic heterocycles. The van der Waals surface area contributed by atoms with Crippen molar-refractivity contribution in [3.8, 4) is 11.5 Å². The Labute approximate surface area is 205 Å². The maximum atomic E-state index is 13.0. The van der Waals surface area contributed by atoms with Crippen LogP contribution in [0.2, 0.25) is 0 Å². The maximum absolute atomic E-state index is 13.0. The molecule has 9 nitrogen and oxygen atoms in total. The van der Waals surface area contributed by atoms with Crippen LogP contribution in [0.25, 0.3) is 0 Å². The summed E-state index contributed by atoms with van der Waals surface area (Å²) in [7, 11) is 0. The lowest BCUT2D eigenvalue weighted by molar-refractivity contribution is -0.385. The molecule has 2 aromatic rings. The predicted octanol–water partition coefficient (Wildman–Crippen LogP) is 5.73. The summed E-state index contributed by atoms with van der Waals surface area (Å²) in [4.78, 5) is 36.2. The predicted molar refractivity (Wildman–Crippen MR) is 133 cm³/mol. The highest BCUT2D eigenvalue weighted by Crippen LogP contribution is 2.31. The van der Waals surface area contributed by atoms with Gasteiger partial charge in [0, 0.05) is 17.7 Å². The van der Waals surface area contributed by atoms with Gasteiger partial charge in [-0.3, -0.25) is 14.9 Å². The van der Waals surface area contributed by atoms with E-state index in [0.29, 0.717) is 30.2 Å². The van der Waals surface area contributed by atoms with E-state index in [4.69, 9.17) is 14.2 Å². The fourth-order valence-corrected chi connectivity index (χ4v) is 2.83. The van der Waals surface area contributed by atoms with Crippen molar-refractivity contribution >= 4 is 23.3 Å². The van der Waals surface area contributed by atoms with Crippen molar-refractivity contribution in [1.82, 2.24) is 0 Å². The van der Waals surface area contributed by atoms with Gasteiger partial charge >= 0.3 is 11.7 Å². The Morgan fingerprint density at radius 3 is 1.94 bits per heavy atom. The van der Waals surface area contributed by atoms with Crippen LogP contribution in [0.1, 0.15) is 62.3 Å². The number of carbonyl (C=O) groups is 2. The minimum Gasteiger partial charge on any atom is -0.491 e. The second kappa shape index (κ2) is 12.7. The van der Waals surface area contributed by atoms with Crippen molar-refractivity contribution < 1.29 is 28.7 Å². The van der Waals surface area contributed by atoms with Gasteiger partial charge in [-0.2, -0.15) is 0 Å². The highest BCUT2D eigenvalue weighted by molar-refractivity contribution is 6.06. The normalized spacial score (nSPS) is 11.0. The first kappa shape index (κ1) is 27.6. The average molecular weight is 487 g/mol. The minimum absolute atomic E-state index is 0.0240. The van der Waals surface area contributed by atoms with Crippen LogP contribution in [0.5, 0.6) is 11.5 Å². The Hall–Kier alpha value is -3.62. The van der Waals surface area contributed by atoms with Gasteiger partial charge < -0.3 is 19.5 Å². The van der Waals surface area contributed by atoms with Crippen molar-refractivity contribution in [1.29, 1.82) is 0 Å². The molecule has 0 aliphatic carbocycles. The van der Waals surface area contributed by atoms with Gasteiger partial charge in [-0.25, -0.2) is 4.79 Å². The summed E-state index contributed by atoms with van der Waals surface area (Å²) in [6, 6.07) is 8.61. The molecule has 0 unspecified atom stereocenters. The van der Waals surface area contributed by atoms with Gasteiger partial charge in [0.25, 0.3) is 5.91 Å². The van der Waals surface area contributed by atoms with E-state index in [9.17, 15) is 19.7 Å². The Bertz CT molecular complexity index is 1050. The monoisotopic (exact) mass is 486 g/mol. The summed E-state index contributed by atoms with van der Waals surface area (Å²) in [5, 5.41) is 14.1.